The molecule has 0 atom stereocenters. The first-order valence-electron chi connectivity index (χ1n) is 10.7. The highest BCUT2D eigenvalue weighted by Crippen LogP contribution is 2.25. The fourth-order valence-electron chi connectivity index (χ4n) is 3.76. The normalized spacial score (nSPS) is 15.8. The molecule has 1 N–H and O–H groups in total. The summed E-state index contributed by atoms with van der Waals surface area (Å²) in [6.07, 6.45) is 3.95. The molecule has 0 aromatic carbocycles. The van der Waals surface area contributed by atoms with Gasteiger partial charge in [-0.25, -0.2) is 4.98 Å². The Kier molecular flexibility index (Phi) is 7.80. The third-order valence-electron chi connectivity index (χ3n) is 5.87. The molecule has 1 amide bonds. The Morgan fingerprint density at radius 3 is 2.59 bits per heavy atom. The van der Waals surface area contributed by atoms with Gasteiger partial charge in [0.2, 0.25) is 5.91 Å². The molecule has 3 rings (SSSR count). The van der Waals surface area contributed by atoms with Crippen molar-refractivity contribution in [2.45, 2.75) is 46.6 Å². The van der Waals surface area contributed by atoms with Crippen LogP contribution in [0.5, 0.6) is 0 Å². The zero-order chi connectivity index (χ0) is 20.8. The van der Waals surface area contributed by atoms with Crippen molar-refractivity contribution in [3.05, 3.63) is 27.1 Å². The first kappa shape index (κ1) is 21.9. The molecule has 29 heavy (non-hydrogen) atoms. The van der Waals surface area contributed by atoms with Crippen molar-refractivity contribution in [1.29, 1.82) is 0 Å². The van der Waals surface area contributed by atoms with E-state index in [0.29, 0.717) is 24.9 Å². The number of carbonyl (C=O) groups excluding carboxylic acids is 1. The van der Waals surface area contributed by atoms with Gasteiger partial charge in [-0.2, -0.15) is 0 Å². The molecule has 1 fully saturated rings. The number of carbonyl (C=O) groups is 1. The quantitative estimate of drug-likeness (QED) is 0.630. The van der Waals surface area contributed by atoms with E-state index in [2.05, 4.69) is 27.0 Å². The van der Waals surface area contributed by atoms with Gasteiger partial charge in [-0.1, -0.05) is 6.92 Å². The molecule has 2 aromatic heterocycles. The van der Waals surface area contributed by atoms with Crippen molar-refractivity contribution in [3.8, 4) is 0 Å². The molecule has 0 unspecified atom stereocenters. The summed E-state index contributed by atoms with van der Waals surface area (Å²) in [7, 11) is 0. The van der Waals surface area contributed by atoms with Gasteiger partial charge in [0, 0.05) is 50.6 Å². The van der Waals surface area contributed by atoms with Crippen LogP contribution in [-0.2, 0) is 11.3 Å². The summed E-state index contributed by atoms with van der Waals surface area (Å²) in [5.74, 6) is -0.00761. The molecule has 0 radical (unpaired) electrons. The van der Waals surface area contributed by atoms with E-state index in [1.54, 1.807) is 22.2 Å². The summed E-state index contributed by atoms with van der Waals surface area (Å²) in [5.41, 5.74) is 0.949. The molecule has 8 heteroatoms. The summed E-state index contributed by atoms with van der Waals surface area (Å²) in [5, 5.41) is 3.67. The number of likely N-dealkylation sites (N-methyl/N-ethyl adjacent to an activating group) is 1. The van der Waals surface area contributed by atoms with Crippen LogP contribution in [-0.4, -0.2) is 71.1 Å². The second kappa shape index (κ2) is 10.3. The van der Waals surface area contributed by atoms with Gasteiger partial charge >= 0.3 is 0 Å². The maximum Gasteiger partial charge on any atom is 0.262 e. The number of piperazine rings is 1. The van der Waals surface area contributed by atoms with Crippen LogP contribution in [0.3, 0.4) is 0 Å². The number of amides is 1. The zero-order valence-corrected chi connectivity index (χ0v) is 18.7. The molecule has 1 saturated heterocycles. The second-order valence-corrected chi connectivity index (χ2v) is 8.99. The van der Waals surface area contributed by atoms with Crippen molar-refractivity contribution in [3.63, 3.8) is 0 Å². The van der Waals surface area contributed by atoms with Gasteiger partial charge in [0.15, 0.2) is 0 Å². The Labute approximate surface area is 176 Å². The van der Waals surface area contributed by atoms with Crippen molar-refractivity contribution in [2.24, 2.45) is 0 Å². The molecule has 0 spiro atoms. The minimum Gasteiger partial charge on any atom is -0.356 e. The van der Waals surface area contributed by atoms with Crippen LogP contribution in [0.2, 0.25) is 0 Å². The summed E-state index contributed by atoms with van der Waals surface area (Å²) in [6, 6.07) is 0. The molecule has 0 bridgehead atoms. The molecule has 0 saturated carbocycles. The Bertz CT molecular complexity index is 883. The largest absolute Gasteiger partial charge is 0.356 e. The summed E-state index contributed by atoms with van der Waals surface area (Å²) in [4.78, 5) is 36.1. The molecule has 160 valence electrons. The number of thiophene rings is 1. The number of unbranched alkanes of at least 4 members (excludes halogenated alkanes) is 1. The van der Waals surface area contributed by atoms with Crippen LogP contribution < -0.4 is 10.9 Å². The van der Waals surface area contributed by atoms with E-state index >= 15 is 0 Å². The monoisotopic (exact) mass is 419 g/mol. The lowest BCUT2D eigenvalue weighted by Crippen LogP contribution is -2.46. The van der Waals surface area contributed by atoms with Crippen LogP contribution in [0.15, 0.2) is 11.1 Å². The number of rotatable bonds is 9. The molecule has 1 aliphatic heterocycles. The van der Waals surface area contributed by atoms with Gasteiger partial charge in [-0.15, -0.1) is 11.3 Å². The average molecular weight is 420 g/mol. The highest BCUT2D eigenvalue weighted by atomic mass is 32.1. The second-order valence-electron chi connectivity index (χ2n) is 7.79. The van der Waals surface area contributed by atoms with Gasteiger partial charge in [0.1, 0.15) is 4.83 Å². The first-order chi connectivity index (χ1) is 14.0. The minimum atomic E-state index is -0.0483. The van der Waals surface area contributed by atoms with Crippen LogP contribution in [0, 0.1) is 13.8 Å². The number of fused-ring (bicyclic) bond motifs is 1. The third-order valence-corrected chi connectivity index (χ3v) is 6.99. The summed E-state index contributed by atoms with van der Waals surface area (Å²) in [6.45, 7) is 14.1. The van der Waals surface area contributed by atoms with Crippen molar-refractivity contribution in [1.82, 2.24) is 24.7 Å². The highest BCUT2D eigenvalue weighted by molar-refractivity contribution is 7.18. The van der Waals surface area contributed by atoms with E-state index in [-0.39, 0.29) is 11.5 Å². The van der Waals surface area contributed by atoms with E-state index in [9.17, 15) is 9.59 Å². The van der Waals surface area contributed by atoms with Gasteiger partial charge in [0.05, 0.1) is 11.7 Å². The standard InChI is InChI=1S/C21H33N5O2S/c1-4-24-11-13-25(14-12-24)9-6-5-8-22-18(27)7-10-26-15-23-20-19(21(26)28)16(2)17(3)29-20/h15H,4-14H2,1-3H3,(H,22,27). The maximum absolute atomic E-state index is 12.7. The molecule has 3 heterocycles. The lowest BCUT2D eigenvalue weighted by atomic mass is 10.2. The van der Waals surface area contributed by atoms with E-state index in [1.807, 2.05) is 13.8 Å². The van der Waals surface area contributed by atoms with Gasteiger partial charge in [0.25, 0.3) is 5.56 Å². The predicted molar refractivity (Wildman–Crippen MR) is 119 cm³/mol. The Balaban J connectivity index is 1.35. The van der Waals surface area contributed by atoms with Crippen molar-refractivity contribution < 1.29 is 4.79 Å². The average Bonchev–Trinajstić information content (AvgIpc) is 3.02. The number of aryl methyl sites for hydroxylation is 3. The van der Waals surface area contributed by atoms with E-state index in [0.717, 1.165) is 67.4 Å². The molecular formula is C21H33N5O2S. The lowest BCUT2D eigenvalue weighted by molar-refractivity contribution is -0.121. The van der Waals surface area contributed by atoms with E-state index < -0.39 is 0 Å². The Morgan fingerprint density at radius 2 is 1.86 bits per heavy atom. The van der Waals surface area contributed by atoms with Gasteiger partial charge in [-0.05, 0) is 45.3 Å². The summed E-state index contributed by atoms with van der Waals surface area (Å²) < 4.78 is 1.55. The lowest BCUT2D eigenvalue weighted by Gasteiger charge is -2.33. The number of nitrogens with zero attached hydrogens (tertiary/aromatic N) is 4. The highest BCUT2D eigenvalue weighted by Gasteiger charge is 2.15. The van der Waals surface area contributed by atoms with Crippen LogP contribution in [0.25, 0.3) is 10.2 Å². The Morgan fingerprint density at radius 1 is 1.14 bits per heavy atom. The number of nitrogens with one attached hydrogen (secondary N) is 1. The fraction of sp³-hybridized carbons (Fsp3) is 0.667. The molecule has 0 aliphatic carbocycles. The maximum atomic E-state index is 12.7. The predicted octanol–water partition coefficient (Wildman–Crippen LogP) is 2.00. The number of aromatic nitrogens is 2. The number of hydrogen-bond donors (Lipinski definition) is 1. The van der Waals surface area contributed by atoms with E-state index in [1.165, 1.54) is 0 Å². The fourth-order valence-corrected chi connectivity index (χ4v) is 4.74. The molecule has 2 aromatic rings. The SMILES string of the molecule is CCN1CCN(CCCCNC(=O)CCn2cnc3sc(C)c(C)c3c2=O)CC1. The third kappa shape index (κ3) is 5.65. The van der Waals surface area contributed by atoms with Crippen molar-refractivity contribution >= 4 is 27.5 Å². The van der Waals surface area contributed by atoms with Crippen LogP contribution in [0.1, 0.15) is 36.6 Å². The molecular weight excluding hydrogens is 386 g/mol. The van der Waals surface area contributed by atoms with Crippen LogP contribution >= 0.6 is 11.3 Å². The first-order valence-corrected chi connectivity index (χ1v) is 11.5. The summed E-state index contributed by atoms with van der Waals surface area (Å²) >= 11 is 1.54. The molecule has 7 nitrogen and oxygen atoms in total. The molecule has 1 aliphatic rings. The zero-order valence-electron chi connectivity index (χ0n) is 17.9. The van der Waals surface area contributed by atoms with Gasteiger partial charge < -0.3 is 15.1 Å². The van der Waals surface area contributed by atoms with Crippen LogP contribution in [0.4, 0.5) is 0 Å². The van der Waals surface area contributed by atoms with Gasteiger partial charge in [-0.3, -0.25) is 14.2 Å². The Hall–Kier alpha value is -1.77. The van der Waals surface area contributed by atoms with E-state index in [4.69, 9.17) is 0 Å². The minimum absolute atomic E-state index is 0.00761. The van der Waals surface area contributed by atoms with Crippen molar-refractivity contribution in [2.75, 3.05) is 45.8 Å². The topological polar surface area (TPSA) is 70.5 Å². The smallest absolute Gasteiger partial charge is 0.262 e. The number of hydrogen-bond acceptors (Lipinski definition) is 6.